The Bertz CT molecular complexity index is 1100. The van der Waals surface area contributed by atoms with Crippen molar-refractivity contribution < 1.29 is 9.53 Å². The number of anilines is 1. The van der Waals surface area contributed by atoms with Crippen LogP contribution in [0.5, 0.6) is 5.75 Å². The van der Waals surface area contributed by atoms with Crippen LogP contribution < -0.4 is 15.0 Å². The minimum absolute atomic E-state index is 0.372. The highest BCUT2D eigenvalue weighted by molar-refractivity contribution is 6.42. The third-order valence-corrected chi connectivity index (χ3v) is 5.59. The standard InChI is InChI=1S/C23H19Cl2N3O2/c1-30-18-9-5-8-16(12-18)21-22(26-14-15-6-3-2-4-7-15)27-23(29)28(21)17-10-11-19(24)20(25)13-17/h2-13,21H,14H2,1H3,(H,26,27,29). The molecule has 30 heavy (non-hydrogen) atoms. The summed E-state index contributed by atoms with van der Waals surface area (Å²) in [5.41, 5.74) is 2.57. The van der Waals surface area contributed by atoms with Crippen LogP contribution in [0, 0.1) is 0 Å². The van der Waals surface area contributed by atoms with E-state index in [0.717, 1.165) is 11.1 Å². The number of amides is 2. The van der Waals surface area contributed by atoms with Crippen LogP contribution >= 0.6 is 23.2 Å². The summed E-state index contributed by atoms with van der Waals surface area (Å²) >= 11 is 12.3. The molecule has 5 nitrogen and oxygen atoms in total. The topological polar surface area (TPSA) is 53.9 Å². The molecule has 0 spiro atoms. The molecule has 0 aromatic heterocycles. The van der Waals surface area contributed by atoms with Crippen molar-refractivity contribution in [2.24, 2.45) is 4.99 Å². The van der Waals surface area contributed by atoms with Gasteiger partial charge in [0.1, 0.15) is 17.6 Å². The van der Waals surface area contributed by atoms with E-state index >= 15 is 0 Å². The molecule has 3 aromatic carbocycles. The number of carbonyl (C=O) groups excluding carboxylic acids is 1. The summed E-state index contributed by atoms with van der Waals surface area (Å²) in [7, 11) is 1.61. The first-order valence-electron chi connectivity index (χ1n) is 9.35. The van der Waals surface area contributed by atoms with E-state index in [0.29, 0.717) is 33.9 Å². The van der Waals surface area contributed by atoms with E-state index < -0.39 is 6.04 Å². The van der Waals surface area contributed by atoms with Crippen LogP contribution in [0.3, 0.4) is 0 Å². The summed E-state index contributed by atoms with van der Waals surface area (Å²) in [6.45, 7) is 0.544. The Balaban J connectivity index is 1.72. The quantitative estimate of drug-likeness (QED) is 0.540. The second-order valence-corrected chi connectivity index (χ2v) is 7.58. The van der Waals surface area contributed by atoms with Crippen LogP contribution in [-0.2, 0) is 6.54 Å². The van der Waals surface area contributed by atoms with Gasteiger partial charge in [-0.2, -0.15) is 4.99 Å². The molecular formula is C23H19Cl2N3O2. The maximum absolute atomic E-state index is 12.9. The molecule has 0 bridgehead atoms. The van der Waals surface area contributed by atoms with Crippen LogP contribution in [0.4, 0.5) is 10.5 Å². The van der Waals surface area contributed by atoms with Gasteiger partial charge in [-0.3, -0.25) is 4.90 Å². The molecule has 7 heteroatoms. The molecule has 0 radical (unpaired) electrons. The first-order chi connectivity index (χ1) is 14.6. The molecule has 0 saturated carbocycles. The number of methoxy groups -OCH3 is 1. The largest absolute Gasteiger partial charge is 0.497 e. The van der Waals surface area contributed by atoms with Gasteiger partial charge in [-0.1, -0.05) is 65.7 Å². The van der Waals surface area contributed by atoms with E-state index in [2.05, 4.69) is 10.3 Å². The van der Waals surface area contributed by atoms with E-state index in [1.807, 2.05) is 54.6 Å². The zero-order valence-corrected chi connectivity index (χ0v) is 17.7. The first kappa shape index (κ1) is 20.3. The lowest BCUT2D eigenvalue weighted by Gasteiger charge is -2.26. The number of halogens is 2. The van der Waals surface area contributed by atoms with E-state index in [1.54, 1.807) is 30.2 Å². The summed E-state index contributed by atoms with van der Waals surface area (Å²) in [6, 6.07) is 21.8. The number of carbonyl (C=O) groups is 1. The Hall–Kier alpha value is -3.02. The van der Waals surface area contributed by atoms with Crippen molar-refractivity contribution in [1.29, 1.82) is 0 Å². The molecule has 1 aliphatic heterocycles. The van der Waals surface area contributed by atoms with Gasteiger partial charge < -0.3 is 10.1 Å². The number of rotatable bonds is 5. The van der Waals surface area contributed by atoms with Gasteiger partial charge in [0.2, 0.25) is 0 Å². The highest BCUT2D eigenvalue weighted by atomic mass is 35.5. The van der Waals surface area contributed by atoms with Crippen LogP contribution in [0.1, 0.15) is 17.2 Å². The summed E-state index contributed by atoms with van der Waals surface area (Å²) in [5, 5.41) is 4.12. The smallest absolute Gasteiger partial charge is 0.350 e. The predicted octanol–water partition coefficient (Wildman–Crippen LogP) is 5.87. The second kappa shape index (κ2) is 8.78. The van der Waals surface area contributed by atoms with E-state index in [-0.39, 0.29) is 6.03 Å². The third kappa shape index (κ3) is 4.13. The third-order valence-electron chi connectivity index (χ3n) is 4.85. The molecule has 2 amide bonds. The molecule has 0 saturated heterocycles. The number of nitrogens with zero attached hydrogens (tertiary/aromatic N) is 2. The van der Waals surface area contributed by atoms with Crippen molar-refractivity contribution in [3.8, 4) is 5.75 Å². The fraction of sp³-hybridized carbons (Fsp3) is 0.130. The number of aliphatic imine (C=N–C) groups is 1. The monoisotopic (exact) mass is 439 g/mol. The number of hydrogen-bond acceptors (Lipinski definition) is 3. The molecule has 1 N–H and O–H groups in total. The maximum atomic E-state index is 12.9. The first-order valence-corrected chi connectivity index (χ1v) is 10.1. The molecule has 1 atom stereocenters. The fourth-order valence-corrected chi connectivity index (χ4v) is 3.68. The van der Waals surface area contributed by atoms with Gasteiger partial charge in [-0.25, -0.2) is 4.79 Å². The molecule has 152 valence electrons. The van der Waals surface area contributed by atoms with E-state index in [1.165, 1.54) is 0 Å². The van der Waals surface area contributed by atoms with E-state index in [9.17, 15) is 4.79 Å². The van der Waals surface area contributed by atoms with Crippen molar-refractivity contribution in [1.82, 2.24) is 5.32 Å². The lowest BCUT2D eigenvalue weighted by Crippen LogP contribution is -2.36. The van der Waals surface area contributed by atoms with Gasteiger partial charge in [-0.15, -0.1) is 0 Å². The van der Waals surface area contributed by atoms with Crippen molar-refractivity contribution in [2.75, 3.05) is 12.0 Å². The SMILES string of the molecule is COc1cccc(C2C(NCc3ccccc3)=NC(=O)N2c2ccc(Cl)c(Cl)c2)c1. The van der Waals surface area contributed by atoms with Crippen molar-refractivity contribution >= 4 is 40.8 Å². The van der Waals surface area contributed by atoms with Gasteiger partial charge in [0.15, 0.2) is 0 Å². The molecular weight excluding hydrogens is 421 g/mol. The maximum Gasteiger partial charge on any atom is 0.350 e. The Labute approximate surface area is 184 Å². The minimum Gasteiger partial charge on any atom is -0.497 e. The number of ether oxygens (including phenoxy) is 1. The second-order valence-electron chi connectivity index (χ2n) is 6.77. The lowest BCUT2D eigenvalue weighted by atomic mass is 10.0. The minimum atomic E-state index is -0.450. The van der Waals surface area contributed by atoms with Gasteiger partial charge in [0.25, 0.3) is 0 Å². The molecule has 4 rings (SSSR count). The normalized spacial score (nSPS) is 15.8. The summed E-state index contributed by atoms with van der Waals surface area (Å²) < 4.78 is 5.38. The van der Waals surface area contributed by atoms with Crippen LogP contribution in [0.2, 0.25) is 10.0 Å². The van der Waals surface area contributed by atoms with Crippen LogP contribution in [-0.4, -0.2) is 19.0 Å². The van der Waals surface area contributed by atoms with Crippen LogP contribution in [0.25, 0.3) is 0 Å². The number of benzene rings is 3. The Morgan fingerprint density at radius 2 is 1.80 bits per heavy atom. The van der Waals surface area contributed by atoms with Gasteiger partial charge in [0.05, 0.1) is 17.2 Å². The lowest BCUT2D eigenvalue weighted by molar-refractivity contribution is 0.255. The highest BCUT2D eigenvalue weighted by Crippen LogP contribution is 2.37. The summed E-state index contributed by atoms with van der Waals surface area (Å²) in [4.78, 5) is 18.8. The summed E-state index contributed by atoms with van der Waals surface area (Å²) in [5.74, 6) is 1.26. The van der Waals surface area contributed by atoms with Crippen molar-refractivity contribution in [3.05, 3.63) is 94.0 Å². The number of hydrogen-bond donors (Lipinski definition) is 1. The van der Waals surface area contributed by atoms with Crippen LogP contribution in [0.15, 0.2) is 77.8 Å². The molecule has 1 aliphatic rings. The highest BCUT2D eigenvalue weighted by Gasteiger charge is 2.37. The zero-order chi connectivity index (χ0) is 21.1. The van der Waals surface area contributed by atoms with Crippen molar-refractivity contribution in [2.45, 2.75) is 12.6 Å². The van der Waals surface area contributed by atoms with Gasteiger partial charge in [-0.05, 0) is 41.5 Å². The molecule has 3 aromatic rings. The average molecular weight is 440 g/mol. The van der Waals surface area contributed by atoms with Crippen molar-refractivity contribution in [3.63, 3.8) is 0 Å². The Kier molecular flexibility index (Phi) is 5.93. The number of nitrogens with one attached hydrogen (secondary N) is 1. The van der Waals surface area contributed by atoms with Gasteiger partial charge >= 0.3 is 6.03 Å². The summed E-state index contributed by atoms with van der Waals surface area (Å²) in [6.07, 6.45) is 0. The van der Waals surface area contributed by atoms with E-state index in [4.69, 9.17) is 27.9 Å². The zero-order valence-electron chi connectivity index (χ0n) is 16.2. The van der Waals surface area contributed by atoms with Gasteiger partial charge in [0, 0.05) is 12.2 Å². The molecule has 0 fully saturated rings. The Morgan fingerprint density at radius 3 is 2.53 bits per heavy atom. The predicted molar refractivity (Wildman–Crippen MR) is 121 cm³/mol. The fourth-order valence-electron chi connectivity index (χ4n) is 3.39. The Morgan fingerprint density at radius 1 is 1.00 bits per heavy atom. The molecule has 1 unspecified atom stereocenters. The molecule has 1 heterocycles. The number of urea groups is 1. The average Bonchev–Trinajstić information content (AvgIpc) is 3.11. The molecule has 0 aliphatic carbocycles. The number of amidine groups is 1.